The standard InChI is InChI=1S/C18H23NO2S/c1-13-5-11-16(12-6-13)22(20,21)17(19)14-7-9-15(10-8-14)18(2,3)4/h5-12,17H,19H2,1-4H3. The van der Waals surface area contributed by atoms with E-state index in [9.17, 15) is 8.42 Å². The molecular weight excluding hydrogens is 294 g/mol. The number of sulfone groups is 1. The fourth-order valence-electron chi connectivity index (χ4n) is 2.23. The van der Waals surface area contributed by atoms with E-state index in [0.717, 1.165) is 11.1 Å². The summed E-state index contributed by atoms with van der Waals surface area (Å²) >= 11 is 0. The molecule has 0 bridgehead atoms. The molecule has 0 aliphatic rings. The van der Waals surface area contributed by atoms with E-state index in [1.54, 1.807) is 36.4 Å². The maximum atomic E-state index is 12.6. The van der Waals surface area contributed by atoms with Crippen LogP contribution in [-0.4, -0.2) is 8.42 Å². The van der Waals surface area contributed by atoms with Crippen LogP contribution < -0.4 is 5.73 Å². The van der Waals surface area contributed by atoms with Crippen molar-refractivity contribution in [2.24, 2.45) is 5.73 Å². The minimum absolute atomic E-state index is 0.0262. The van der Waals surface area contributed by atoms with Crippen molar-refractivity contribution in [2.75, 3.05) is 0 Å². The molecule has 0 spiro atoms. The van der Waals surface area contributed by atoms with Gasteiger partial charge in [0.25, 0.3) is 0 Å². The maximum Gasteiger partial charge on any atom is 0.198 e. The van der Waals surface area contributed by atoms with E-state index in [2.05, 4.69) is 20.8 Å². The predicted octanol–water partition coefficient (Wildman–Crippen LogP) is 3.72. The van der Waals surface area contributed by atoms with E-state index in [-0.39, 0.29) is 10.3 Å². The molecule has 1 unspecified atom stereocenters. The average Bonchev–Trinajstić information content (AvgIpc) is 2.46. The average molecular weight is 317 g/mol. The highest BCUT2D eigenvalue weighted by Gasteiger charge is 2.25. The number of nitrogens with two attached hydrogens (primary N) is 1. The molecule has 0 heterocycles. The molecule has 0 amide bonds. The van der Waals surface area contributed by atoms with Gasteiger partial charge in [0.15, 0.2) is 9.84 Å². The lowest BCUT2D eigenvalue weighted by molar-refractivity contribution is 0.582. The molecule has 0 radical (unpaired) electrons. The lowest BCUT2D eigenvalue weighted by atomic mass is 9.87. The first-order valence-electron chi connectivity index (χ1n) is 7.29. The van der Waals surface area contributed by atoms with Crippen LogP contribution in [-0.2, 0) is 15.3 Å². The second-order valence-electron chi connectivity index (χ2n) is 6.65. The Balaban J connectivity index is 2.34. The molecule has 22 heavy (non-hydrogen) atoms. The number of hydrogen-bond acceptors (Lipinski definition) is 3. The summed E-state index contributed by atoms with van der Waals surface area (Å²) in [5.74, 6) is 0. The van der Waals surface area contributed by atoms with E-state index in [0.29, 0.717) is 5.56 Å². The van der Waals surface area contributed by atoms with E-state index >= 15 is 0 Å². The Bertz CT molecular complexity index is 739. The Labute approximate surface area is 133 Å². The van der Waals surface area contributed by atoms with Crippen LogP contribution in [0, 0.1) is 6.92 Å². The first kappa shape index (κ1) is 16.7. The molecule has 0 saturated carbocycles. The zero-order valence-corrected chi connectivity index (χ0v) is 14.3. The van der Waals surface area contributed by atoms with Gasteiger partial charge in [-0.25, -0.2) is 8.42 Å². The first-order chi connectivity index (χ1) is 10.1. The van der Waals surface area contributed by atoms with E-state index in [4.69, 9.17) is 5.73 Å². The molecular formula is C18H23NO2S. The van der Waals surface area contributed by atoms with Crippen molar-refractivity contribution in [3.8, 4) is 0 Å². The van der Waals surface area contributed by atoms with Crippen molar-refractivity contribution in [2.45, 2.75) is 43.4 Å². The van der Waals surface area contributed by atoms with Gasteiger partial charge in [0.05, 0.1) is 4.90 Å². The normalized spacial score (nSPS) is 13.9. The van der Waals surface area contributed by atoms with Crippen molar-refractivity contribution in [3.63, 3.8) is 0 Å². The van der Waals surface area contributed by atoms with Crippen LogP contribution in [0.4, 0.5) is 0 Å². The second kappa shape index (κ2) is 5.86. The van der Waals surface area contributed by atoms with Crippen LogP contribution in [0.2, 0.25) is 0 Å². The summed E-state index contributed by atoms with van der Waals surface area (Å²) < 4.78 is 25.2. The van der Waals surface area contributed by atoms with Gasteiger partial charge in [-0.1, -0.05) is 62.7 Å². The second-order valence-corrected chi connectivity index (χ2v) is 8.72. The molecule has 3 nitrogen and oxygen atoms in total. The monoisotopic (exact) mass is 317 g/mol. The lowest BCUT2D eigenvalue weighted by Gasteiger charge is -2.20. The van der Waals surface area contributed by atoms with E-state index < -0.39 is 15.2 Å². The summed E-state index contributed by atoms with van der Waals surface area (Å²) in [5.41, 5.74) is 8.81. The van der Waals surface area contributed by atoms with Crippen molar-refractivity contribution in [1.82, 2.24) is 0 Å². The molecule has 1 atom stereocenters. The molecule has 0 saturated heterocycles. The highest BCUT2D eigenvalue weighted by molar-refractivity contribution is 7.91. The summed E-state index contributed by atoms with van der Waals surface area (Å²) in [6, 6.07) is 14.3. The van der Waals surface area contributed by atoms with Crippen LogP contribution in [0.15, 0.2) is 53.4 Å². The Kier molecular flexibility index (Phi) is 4.45. The fraction of sp³-hybridized carbons (Fsp3) is 0.333. The topological polar surface area (TPSA) is 60.2 Å². The molecule has 118 valence electrons. The van der Waals surface area contributed by atoms with Crippen LogP contribution >= 0.6 is 0 Å². The molecule has 0 aliphatic carbocycles. The molecule has 4 heteroatoms. The number of hydrogen-bond donors (Lipinski definition) is 1. The van der Waals surface area contributed by atoms with Gasteiger partial charge in [0.2, 0.25) is 0 Å². The van der Waals surface area contributed by atoms with Gasteiger partial charge >= 0.3 is 0 Å². The Morgan fingerprint density at radius 1 is 0.909 bits per heavy atom. The third kappa shape index (κ3) is 3.39. The Morgan fingerprint density at radius 3 is 1.86 bits per heavy atom. The molecule has 2 aromatic rings. The van der Waals surface area contributed by atoms with Crippen molar-refractivity contribution in [3.05, 3.63) is 65.2 Å². The predicted molar refractivity (Wildman–Crippen MR) is 90.4 cm³/mol. The minimum atomic E-state index is -3.58. The first-order valence-corrected chi connectivity index (χ1v) is 8.83. The van der Waals surface area contributed by atoms with Gasteiger partial charge in [-0.05, 0) is 35.6 Å². The van der Waals surface area contributed by atoms with Gasteiger partial charge in [-0.2, -0.15) is 0 Å². The summed E-state index contributed by atoms with van der Waals surface area (Å²) in [6.45, 7) is 8.27. The SMILES string of the molecule is Cc1ccc(S(=O)(=O)C(N)c2ccc(C(C)(C)C)cc2)cc1. The number of aryl methyl sites for hydroxylation is 1. The van der Waals surface area contributed by atoms with Gasteiger partial charge < -0.3 is 5.73 Å². The summed E-state index contributed by atoms with van der Waals surface area (Å²) in [7, 11) is -3.58. The maximum absolute atomic E-state index is 12.6. The molecule has 0 fully saturated rings. The highest BCUT2D eigenvalue weighted by atomic mass is 32.2. The molecule has 0 aromatic heterocycles. The third-order valence-corrected chi connectivity index (χ3v) is 5.66. The molecule has 2 aromatic carbocycles. The van der Waals surface area contributed by atoms with Gasteiger partial charge in [0, 0.05) is 0 Å². The summed E-state index contributed by atoms with van der Waals surface area (Å²) in [6.07, 6.45) is 0. The van der Waals surface area contributed by atoms with Crippen LogP contribution in [0.5, 0.6) is 0 Å². The van der Waals surface area contributed by atoms with Crippen LogP contribution in [0.3, 0.4) is 0 Å². The minimum Gasteiger partial charge on any atom is -0.311 e. The zero-order valence-electron chi connectivity index (χ0n) is 13.5. The van der Waals surface area contributed by atoms with Gasteiger partial charge in [-0.15, -0.1) is 0 Å². The van der Waals surface area contributed by atoms with E-state index in [1.165, 1.54) is 0 Å². The fourth-order valence-corrected chi connectivity index (χ4v) is 3.55. The zero-order chi connectivity index (χ0) is 16.5. The number of benzene rings is 2. The Morgan fingerprint density at radius 2 is 1.41 bits per heavy atom. The summed E-state index contributed by atoms with van der Waals surface area (Å²) in [5, 5.41) is -1.05. The van der Waals surface area contributed by atoms with E-state index in [1.807, 2.05) is 19.1 Å². The van der Waals surface area contributed by atoms with Crippen molar-refractivity contribution < 1.29 is 8.42 Å². The molecule has 2 rings (SSSR count). The van der Waals surface area contributed by atoms with Crippen molar-refractivity contribution >= 4 is 9.84 Å². The lowest BCUT2D eigenvalue weighted by Crippen LogP contribution is -2.22. The Hall–Kier alpha value is -1.65. The third-order valence-electron chi connectivity index (χ3n) is 3.79. The van der Waals surface area contributed by atoms with Gasteiger partial charge in [0.1, 0.15) is 5.37 Å². The van der Waals surface area contributed by atoms with Crippen LogP contribution in [0.25, 0.3) is 0 Å². The summed E-state index contributed by atoms with van der Waals surface area (Å²) in [4.78, 5) is 0.255. The molecule has 0 aliphatic heterocycles. The largest absolute Gasteiger partial charge is 0.311 e. The van der Waals surface area contributed by atoms with Crippen molar-refractivity contribution in [1.29, 1.82) is 0 Å². The molecule has 2 N–H and O–H groups in total. The number of rotatable bonds is 3. The smallest absolute Gasteiger partial charge is 0.198 e. The van der Waals surface area contributed by atoms with Crippen LogP contribution in [0.1, 0.15) is 42.8 Å². The highest BCUT2D eigenvalue weighted by Crippen LogP contribution is 2.28. The van der Waals surface area contributed by atoms with Gasteiger partial charge in [-0.3, -0.25) is 0 Å². The quantitative estimate of drug-likeness (QED) is 0.938.